The first-order valence-corrected chi connectivity index (χ1v) is 6.08. The lowest BCUT2D eigenvalue weighted by atomic mass is 10.00. The van der Waals surface area contributed by atoms with Crippen molar-refractivity contribution in [2.24, 2.45) is 5.92 Å². The van der Waals surface area contributed by atoms with Gasteiger partial charge in [0.1, 0.15) is 5.75 Å². The van der Waals surface area contributed by atoms with Gasteiger partial charge in [0.2, 0.25) is 0 Å². The molecule has 0 amide bonds. The molecule has 17 heavy (non-hydrogen) atoms. The summed E-state index contributed by atoms with van der Waals surface area (Å²) in [5.41, 5.74) is 1.54. The molecule has 90 valence electrons. The summed E-state index contributed by atoms with van der Waals surface area (Å²) in [6.07, 6.45) is 2.23. The van der Waals surface area contributed by atoms with E-state index in [4.69, 9.17) is 4.74 Å². The highest BCUT2D eigenvalue weighted by molar-refractivity contribution is 5.55. The number of hydrogen-bond acceptors (Lipinski definition) is 3. The molecule has 0 saturated carbocycles. The molecule has 0 aliphatic carbocycles. The van der Waals surface area contributed by atoms with Crippen molar-refractivity contribution < 1.29 is 4.74 Å². The maximum absolute atomic E-state index is 5.30. The molecular formula is C14H18N2O. The molecule has 1 unspecified atom stereocenters. The van der Waals surface area contributed by atoms with Crippen LogP contribution in [-0.2, 0) is 0 Å². The van der Waals surface area contributed by atoms with Gasteiger partial charge in [0.15, 0.2) is 0 Å². The van der Waals surface area contributed by atoms with E-state index in [0.29, 0.717) is 5.92 Å². The van der Waals surface area contributed by atoms with E-state index in [9.17, 15) is 0 Å². The highest BCUT2D eigenvalue weighted by Gasteiger charge is 2.23. The lowest BCUT2D eigenvalue weighted by molar-refractivity contribution is 0.414. The monoisotopic (exact) mass is 230 g/mol. The molecule has 0 spiro atoms. The number of fused-ring (bicyclic) bond motifs is 2. The molecule has 1 N–H and O–H groups in total. The summed E-state index contributed by atoms with van der Waals surface area (Å²) in [6.45, 7) is 3.21. The number of nitrogens with one attached hydrogen (secondary N) is 1. The van der Waals surface area contributed by atoms with E-state index in [0.717, 1.165) is 25.4 Å². The van der Waals surface area contributed by atoms with E-state index >= 15 is 0 Å². The molecule has 1 aromatic rings. The van der Waals surface area contributed by atoms with E-state index in [2.05, 4.69) is 41.7 Å². The summed E-state index contributed by atoms with van der Waals surface area (Å²) in [5, 5.41) is 6.12. The van der Waals surface area contributed by atoms with Gasteiger partial charge >= 0.3 is 0 Å². The Labute approximate surface area is 101 Å². The van der Waals surface area contributed by atoms with Gasteiger partial charge in [-0.25, -0.2) is 0 Å². The molecule has 1 atom stereocenters. The van der Waals surface area contributed by atoms with Gasteiger partial charge in [-0.15, -0.1) is 0 Å². The largest absolute Gasteiger partial charge is 0.497 e. The van der Waals surface area contributed by atoms with E-state index in [-0.39, 0.29) is 0 Å². The average Bonchev–Trinajstić information content (AvgIpc) is 2.72. The fourth-order valence-corrected chi connectivity index (χ4v) is 2.84. The predicted molar refractivity (Wildman–Crippen MR) is 69.1 cm³/mol. The smallest absolute Gasteiger partial charge is 0.119 e. The van der Waals surface area contributed by atoms with Gasteiger partial charge in [0.25, 0.3) is 0 Å². The molecule has 3 heteroatoms. The van der Waals surface area contributed by atoms with Crippen molar-refractivity contribution in [2.45, 2.75) is 0 Å². The third kappa shape index (κ3) is 1.80. The first kappa shape index (κ1) is 10.7. The third-order valence-electron chi connectivity index (χ3n) is 3.67. The molecule has 2 aliphatic heterocycles. The van der Waals surface area contributed by atoms with E-state index < -0.39 is 0 Å². The summed E-state index contributed by atoms with van der Waals surface area (Å²) in [7, 11) is 3.86. The number of rotatable bonds is 1. The number of hydrogen-bond donors (Lipinski definition) is 1. The second-order valence-corrected chi connectivity index (χ2v) is 4.87. The van der Waals surface area contributed by atoms with Gasteiger partial charge in [-0.1, -0.05) is 6.07 Å². The van der Waals surface area contributed by atoms with Crippen molar-refractivity contribution in [3.05, 3.63) is 28.6 Å². The number of benzene rings is 1. The second kappa shape index (κ2) is 4.08. The number of nitrogens with zero attached hydrogens (tertiary/aromatic N) is 1. The van der Waals surface area contributed by atoms with Gasteiger partial charge in [0.05, 0.1) is 7.11 Å². The fourth-order valence-electron chi connectivity index (χ4n) is 2.84. The van der Waals surface area contributed by atoms with Crippen molar-refractivity contribution in [3.8, 4) is 5.75 Å². The van der Waals surface area contributed by atoms with E-state index in [1.165, 1.54) is 10.4 Å². The van der Waals surface area contributed by atoms with Crippen LogP contribution in [-0.4, -0.2) is 38.7 Å². The van der Waals surface area contributed by atoms with Crippen LogP contribution in [0.25, 0.3) is 11.8 Å². The van der Waals surface area contributed by atoms with E-state index in [1.54, 1.807) is 12.7 Å². The van der Waals surface area contributed by atoms with Crippen molar-refractivity contribution in [3.63, 3.8) is 0 Å². The van der Waals surface area contributed by atoms with Gasteiger partial charge in [-0.2, -0.15) is 0 Å². The van der Waals surface area contributed by atoms with Crippen LogP contribution in [0.4, 0.5) is 0 Å². The number of ether oxygens (including phenoxy) is 1. The highest BCUT2D eigenvalue weighted by Crippen LogP contribution is 2.18. The minimum absolute atomic E-state index is 0.644. The van der Waals surface area contributed by atoms with Crippen LogP contribution in [0.2, 0.25) is 0 Å². The zero-order valence-corrected chi connectivity index (χ0v) is 10.4. The molecule has 2 heterocycles. The van der Waals surface area contributed by atoms with Crippen LogP contribution in [0.15, 0.2) is 18.2 Å². The topological polar surface area (TPSA) is 24.5 Å². The maximum atomic E-state index is 5.30. The van der Waals surface area contributed by atoms with Crippen molar-refractivity contribution >= 4 is 11.8 Å². The summed E-state index contributed by atoms with van der Waals surface area (Å²) in [5.74, 6) is 1.57. The fraction of sp³-hybridized carbons (Fsp3) is 0.429. The van der Waals surface area contributed by atoms with Gasteiger partial charge in [-0.05, 0) is 22.9 Å². The highest BCUT2D eigenvalue weighted by atomic mass is 16.5. The first-order valence-electron chi connectivity index (χ1n) is 6.08. The molecule has 2 aliphatic rings. The molecule has 1 fully saturated rings. The molecule has 0 bridgehead atoms. The van der Waals surface area contributed by atoms with Crippen LogP contribution < -0.4 is 20.5 Å². The zero-order valence-electron chi connectivity index (χ0n) is 10.4. The van der Waals surface area contributed by atoms with Gasteiger partial charge < -0.3 is 15.0 Å². The second-order valence-electron chi connectivity index (χ2n) is 4.87. The molecule has 3 rings (SSSR count). The zero-order chi connectivity index (χ0) is 11.8. The lowest BCUT2D eigenvalue weighted by Crippen LogP contribution is -2.28. The Morgan fingerprint density at radius 3 is 3.12 bits per heavy atom. The minimum Gasteiger partial charge on any atom is -0.497 e. The maximum Gasteiger partial charge on any atom is 0.119 e. The summed E-state index contributed by atoms with van der Waals surface area (Å²) in [6, 6.07) is 6.37. The molecule has 0 aromatic heterocycles. The van der Waals surface area contributed by atoms with Crippen LogP contribution >= 0.6 is 0 Å². The number of methoxy groups -OCH3 is 1. The van der Waals surface area contributed by atoms with Crippen LogP contribution in [0.5, 0.6) is 5.75 Å². The summed E-state index contributed by atoms with van der Waals surface area (Å²) >= 11 is 0. The van der Waals surface area contributed by atoms with Gasteiger partial charge in [-0.3, -0.25) is 0 Å². The molecule has 1 aromatic carbocycles. The Balaban J connectivity index is 2.28. The Bertz CT molecular complexity index is 550. The average molecular weight is 230 g/mol. The lowest BCUT2D eigenvalue weighted by Gasteiger charge is -2.17. The molecule has 3 nitrogen and oxygen atoms in total. The molecular weight excluding hydrogens is 212 g/mol. The SMILES string of the molecule is COc1ccc2c(c1)=CN(C)CC1CNCC=21. The Morgan fingerprint density at radius 2 is 2.29 bits per heavy atom. The normalized spacial score (nSPS) is 22.6. The van der Waals surface area contributed by atoms with Crippen LogP contribution in [0, 0.1) is 5.92 Å². The van der Waals surface area contributed by atoms with Crippen molar-refractivity contribution in [2.75, 3.05) is 33.8 Å². The van der Waals surface area contributed by atoms with E-state index in [1.807, 2.05) is 0 Å². The summed E-state index contributed by atoms with van der Waals surface area (Å²) in [4.78, 5) is 2.28. The third-order valence-corrected chi connectivity index (χ3v) is 3.67. The quantitative estimate of drug-likeness (QED) is 0.720. The summed E-state index contributed by atoms with van der Waals surface area (Å²) < 4.78 is 5.30. The van der Waals surface area contributed by atoms with Crippen molar-refractivity contribution in [1.82, 2.24) is 10.2 Å². The van der Waals surface area contributed by atoms with Crippen molar-refractivity contribution in [1.29, 1.82) is 0 Å². The van der Waals surface area contributed by atoms with Crippen LogP contribution in [0.1, 0.15) is 0 Å². The Kier molecular flexibility index (Phi) is 2.56. The standard InChI is InChI=1S/C14H18N2O/c1-16-8-10-5-12(17-2)3-4-13(10)14-7-15-6-11(14)9-16/h3-5,8,11,15H,6-7,9H2,1-2H3. The van der Waals surface area contributed by atoms with Crippen LogP contribution in [0.3, 0.4) is 0 Å². The molecule has 0 radical (unpaired) electrons. The minimum atomic E-state index is 0.644. The Hall–Kier alpha value is -1.48. The first-order chi connectivity index (χ1) is 8.28. The molecule has 1 saturated heterocycles. The van der Waals surface area contributed by atoms with Gasteiger partial charge in [0, 0.05) is 44.0 Å². The Morgan fingerprint density at radius 1 is 1.41 bits per heavy atom. The predicted octanol–water partition coefficient (Wildman–Crippen LogP) is -0.251.